The van der Waals surface area contributed by atoms with Crippen LogP contribution in [0.5, 0.6) is 5.75 Å². The molecular formula is C56H51N3O3. The number of phenols is 1. The van der Waals surface area contributed by atoms with Crippen LogP contribution in [-0.2, 0) is 5.41 Å². The number of aromatic hydroxyl groups is 1. The van der Waals surface area contributed by atoms with Gasteiger partial charge >= 0.3 is 0 Å². The first-order valence-electron chi connectivity index (χ1n) is 22.0. The molecule has 0 saturated heterocycles. The molecule has 0 amide bonds. The zero-order valence-corrected chi connectivity index (χ0v) is 36.6. The summed E-state index contributed by atoms with van der Waals surface area (Å²) in [6.07, 6.45) is 5.01. The van der Waals surface area contributed by atoms with Crippen molar-refractivity contribution in [3.8, 4) is 56.5 Å². The fourth-order valence-electron chi connectivity index (χ4n) is 10.0. The Kier molecular flexibility index (Phi) is 8.60. The second-order valence-electron chi connectivity index (χ2n) is 19.5. The van der Waals surface area contributed by atoms with E-state index in [2.05, 4.69) is 144 Å². The third kappa shape index (κ3) is 6.30. The minimum absolute atomic E-state index is 0.173. The number of benzene rings is 6. The van der Waals surface area contributed by atoms with Crippen molar-refractivity contribution in [2.45, 2.75) is 85.5 Å². The highest BCUT2D eigenvalue weighted by Gasteiger charge is 2.28. The summed E-state index contributed by atoms with van der Waals surface area (Å²) in [7, 11) is 0. The fraction of sp³-hybridized carbons (Fsp3) is 0.250. The molecule has 0 unspecified atom stereocenters. The Morgan fingerprint density at radius 1 is 0.629 bits per heavy atom. The van der Waals surface area contributed by atoms with E-state index in [0.717, 1.165) is 100 Å². The molecule has 4 aromatic heterocycles. The van der Waals surface area contributed by atoms with Crippen LogP contribution in [-0.4, -0.2) is 19.6 Å². The van der Waals surface area contributed by atoms with Gasteiger partial charge < -0.3 is 13.9 Å². The molecule has 1 saturated carbocycles. The van der Waals surface area contributed by atoms with E-state index in [4.69, 9.17) is 18.8 Å². The van der Waals surface area contributed by atoms with E-state index in [1.807, 2.05) is 30.3 Å². The van der Waals surface area contributed by atoms with Crippen molar-refractivity contribution in [3.05, 3.63) is 144 Å². The third-order valence-corrected chi connectivity index (χ3v) is 13.6. The van der Waals surface area contributed by atoms with Crippen LogP contribution >= 0.6 is 0 Å². The Morgan fingerprint density at radius 3 is 1.90 bits per heavy atom. The van der Waals surface area contributed by atoms with Gasteiger partial charge in [-0.1, -0.05) is 101 Å². The number of imidazole rings is 1. The lowest BCUT2D eigenvalue weighted by Crippen LogP contribution is -2.20. The molecule has 308 valence electrons. The quantitative estimate of drug-likeness (QED) is 0.181. The topological polar surface area (TPSA) is 77.2 Å². The predicted octanol–water partition coefficient (Wildman–Crippen LogP) is 15.5. The fourth-order valence-corrected chi connectivity index (χ4v) is 10.0. The second kappa shape index (κ2) is 13.9. The summed E-state index contributed by atoms with van der Waals surface area (Å²) in [5.41, 5.74) is 17.3. The van der Waals surface area contributed by atoms with Gasteiger partial charge in [-0.05, 0) is 144 Å². The Labute approximate surface area is 362 Å². The van der Waals surface area contributed by atoms with E-state index in [0.29, 0.717) is 22.7 Å². The number of aromatic nitrogens is 3. The Morgan fingerprint density at radius 2 is 1.24 bits per heavy atom. The molecule has 0 aliphatic heterocycles. The molecule has 4 heterocycles. The van der Waals surface area contributed by atoms with Crippen LogP contribution in [0.4, 0.5) is 0 Å². The molecule has 0 spiro atoms. The zero-order chi connectivity index (χ0) is 42.7. The van der Waals surface area contributed by atoms with Crippen LogP contribution in [0, 0.1) is 19.3 Å². The third-order valence-electron chi connectivity index (χ3n) is 13.6. The van der Waals surface area contributed by atoms with Crippen molar-refractivity contribution in [2.75, 3.05) is 0 Å². The SMILES string of the molecule is Cc1cccc(C)c1-n1c(-c2ccc(-c3ccc(C4CCC(C)(C)CC4)cc3)cc2O)nc2c(-c3cc(C(C)(C)C)cc(-c4cc5oc6cccc7oc(c4)c5c67)n3)cccc21. The van der Waals surface area contributed by atoms with Crippen LogP contribution in [0.15, 0.2) is 130 Å². The van der Waals surface area contributed by atoms with E-state index in [1.165, 1.54) is 31.2 Å². The first-order valence-corrected chi connectivity index (χ1v) is 22.0. The zero-order valence-electron chi connectivity index (χ0n) is 36.6. The number of furan rings is 2. The number of fused-ring (bicyclic) bond motifs is 1. The second-order valence-corrected chi connectivity index (χ2v) is 19.5. The first-order chi connectivity index (χ1) is 29.8. The van der Waals surface area contributed by atoms with Crippen molar-refractivity contribution >= 4 is 44.1 Å². The van der Waals surface area contributed by atoms with Crippen molar-refractivity contribution in [3.63, 3.8) is 0 Å². The average Bonchev–Trinajstić information content (AvgIpc) is 3.95. The van der Waals surface area contributed by atoms with Gasteiger partial charge in [-0.25, -0.2) is 9.97 Å². The van der Waals surface area contributed by atoms with E-state index in [1.54, 1.807) is 0 Å². The minimum Gasteiger partial charge on any atom is -0.507 e. The van der Waals surface area contributed by atoms with Crippen molar-refractivity contribution in [1.29, 1.82) is 0 Å². The lowest BCUT2D eigenvalue weighted by atomic mass is 9.71. The van der Waals surface area contributed by atoms with E-state index < -0.39 is 0 Å². The van der Waals surface area contributed by atoms with Gasteiger partial charge in [-0.15, -0.1) is 0 Å². The van der Waals surface area contributed by atoms with Gasteiger partial charge in [-0.3, -0.25) is 4.57 Å². The maximum Gasteiger partial charge on any atom is 0.149 e. The number of hydrogen-bond donors (Lipinski definition) is 1. The van der Waals surface area contributed by atoms with Gasteiger partial charge in [-0.2, -0.15) is 0 Å². The van der Waals surface area contributed by atoms with Gasteiger partial charge in [0.1, 0.15) is 33.9 Å². The highest BCUT2D eigenvalue weighted by molar-refractivity contribution is 6.21. The molecule has 10 aromatic rings. The summed E-state index contributed by atoms with van der Waals surface area (Å²) in [5, 5.41) is 14.0. The highest BCUT2D eigenvalue weighted by Crippen LogP contribution is 2.45. The summed E-state index contributed by atoms with van der Waals surface area (Å²) in [5.74, 6) is 1.47. The predicted molar refractivity (Wildman–Crippen MR) is 254 cm³/mol. The molecule has 1 aliphatic carbocycles. The van der Waals surface area contributed by atoms with Gasteiger partial charge in [0.25, 0.3) is 0 Å². The van der Waals surface area contributed by atoms with Crippen molar-refractivity contribution in [1.82, 2.24) is 14.5 Å². The van der Waals surface area contributed by atoms with E-state index in [-0.39, 0.29) is 11.2 Å². The minimum atomic E-state index is -0.173. The number of para-hydroxylation sites is 2. The molecule has 62 heavy (non-hydrogen) atoms. The molecular weight excluding hydrogens is 763 g/mol. The maximum atomic E-state index is 12.0. The number of phenolic OH excluding ortho intramolecular Hbond substituents is 1. The van der Waals surface area contributed by atoms with Crippen LogP contribution in [0.3, 0.4) is 0 Å². The summed E-state index contributed by atoms with van der Waals surface area (Å²) in [6.45, 7) is 15.7. The molecule has 0 atom stereocenters. The van der Waals surface area contributed by atoms with E-state index in [9.17, 15) is 5.11 Å². The summed E-state index contributed by atoms with van der Waals surface area (Å²) in [4.78, 5) is 10.9. The highest BCUT2D eigenvalue weighted by atomic mass is 16.4. The van der Waals surface area contributed by atoms with Crippen molar-refractivity contribution < 1.29 is 13.9 Å². The monoisotopic (exact) mass is 813 g/mol. The summed E-state index contributed by atoms with van der Waals surface area (Å²) in [6, 6.07) is 42.2. The molecule has 11 rings (SSSR count). The summed E-state index contributed by atoms with van der Waals surface area (Å²) < 4.78 is 14.9. The maximum absolute atomic E-state index is 12.0. The smallest absolute Gasteiger partial charge is 0.149 e. The van der Waals surface area contributed by atoms with Crippen LogP contribution in [0.25, 0.3) is 94.9 Å². The van der Waals surface area contributed by atoms with Gasteiger partial charge in [0.05, 0.1) is 44.4 Å². The standard InChI is InChI=1S/C56H51N3O3/c1-32-11-8-12-33(2)53(32)59-44-14-9-13-40(43-31-39(55(3,4)5)30-42(57-43)38-28-48-51-49(29-38)62-47-16-10-15-46(61-48)50(47)51)52(44)58-54(59)41-22-21-37(27-45(41)60)35-19-17-34(18-20-35)36-23-25-56(6,7)26-24-36/h8-22,27-31,36,60H,23-26H2,1-7H3. The number of pyridine rings is 1. The molecule has 6 heteroatoms. The van der Waals surface area contributed by atoms with Gasteiger partial charge in [0.15, 0.2) is 0 Å². The Bertz CT molecular complexity index is 3260. The molecule has 6 nitrogen and oxygen atoms in total. The van der Waals surface area contributed by atoms with Crippen LogP contribution < -0.4 is 0 Å². The molecule has 0 radical (unpaired) electrons. The lowest BCUT2D eigenvalue weighted by Gasteiger charge is -2.34. The lowest BCUT2D eigenvalue weighted by molar-refractivity contribution is 0.224. The molecule has 1 aliphatic rings. The van der Waals surface area contributed by atoms with Gasteiger partial charge in [0, 0.05) is 11.1 Å². The summed E-state index contributed by atoms with van der Waals surface area (Å²) >= 11 is 0. The Hall–Kier alpha value is -6.66. The van der Waals surface area contributed by atoms with Crippen LogP contribution in [0.2, 0.25) is 0 Å². The van der Waals surface area contributed by atoms with Gasteiger partial charge in [0.2, 0.25) is 0 Å². The Balaban J connectivity index is 1.05. The van der Waals surface area contributed by atoms with E-state index >= 15 is 0 Å². The molecule has 0 bridgehead atoms. The number of aryl methyl sites for hydroxylation is 2. The average molecular weight is 814 g/mol. The molecule has 1 fully saturated rings. The number of rotatable bonds is 6. The van der Waals surface area contributed by atoms with Crippen molar-refractivity contribution in [2.24, 2.45) is 5.41 Å². The number of hydrogen-bond acceptors (Lipinski definition) is 5. The first kappa shape index (κ1) is 38.3. The molecule has 1 N–H and O–H groups in total. The normalized spacial score (nSPS) is 14.9. The molecule has 6 aromatic carbocycles. The van der Waals surface area contributed by atoms with Crippen LogP contribution in [0.1, 0.15) is 88.5 Å². The largest absolute Gasteiger partial charge is 0.507 e. The number of nitrogens with zero attached hydrogens (tertiary/aromatic N) is 3.